The second kappa shape index (κ2) is 9.55. The predicted molar refractivity (Wildman–Crippen MR) is 133 cm³/mol. The number of likely N-dealkylation sites (N-methyl/N-ethyl adjacent to an activating group) is 1. The molecule has 176 valence electrons. The lowest BCUT2D eigenvalue weighted by atomic mass is 9.96. The van der Waals surface area contributed by atoms with E-state index < -0.39 is 5.92 Å². The second-order valence-electron chi connectivity index (χ2n) is 8.77. The maximum absolute atomic E-state index is 13.3. The Balaban J connectivity index is 1.51. The van der Waals surface area contributed by atoms with Gasteiger partial charge in [-0.15, -0.1) is 0 Å². The Morgan fingerprint density at radius 1 is 1.12 bits per heavy atom. The van der Waals surface area contributed by atoms with Crippen LogP contribution in [0.4, 0.5) is 11.4 Å². The molecule has 0 spiro atoms. The maximum Gasteiger partial charge on any atom is 0.246 e. The van der Waals surface area contributed by atoms with E-state index in [2.05, 4.69) is 5.32 Å². The molecule has 7 nitrogen and oxygen atoms in total. The van der Waals surface area contributed by atoms with Crippen molar-refractivity contribution in [1.29, 1.82) is 0 Å². The first-order chi connectivity index (χ1) is 16.3. The van der Waals surface area contributed by atoms with Crippen LogP contribution in [0, 0.1) is 0 Å². The van der Waals surface area contributed by atoms with Crippen LogP contribution >= 0.6 is 0 Å². The Kier molecular flexibility index (Phi) is 6.54. The molecule has 1 N–H and O–H groups in total. The SMILES string of the molecule is COc1ccc2cc([C@@H](C)C(=O)N(C)CC(=O)N3c4ccccc4NC(=O)C[C@H]3C)ccc2c1. The standard InChI is InChI=1S/C27H29N3O4/c1-17-13-25(31)28-23-7-5-6-8-24(23)30(17)26(32)16-29(3)27(33)18(2)19-9-10-21-15-22(34-4)12-11-20(21)14-19/h5-12,14-15,17-18H,13,16H2,1-4H3,(H,28,31)/t17-,18-/m1/s1. The molecule has 0 saturated carbocycles. The van der Waals surface area contributed by atoms with Crippen molar-refractivity contribution in [3.63, 3.8) is 0 Å². The van der Waals surface area contributed by atoms with Gasteiger partial charge in [0, 0.05) is 19.5 Å². The molecule has 7 heteroatoms. The highest BCUT2D eigenvalue weighted by molar-refractivity contribution is 6.05. The van der Waals surface area contributed by atoms with Crippen molar-refractivity contribution in [2.45, 2.75) is 32.2 Å². The molecule has 1 aliphatic heterocycles. The van der Waals surface area contributed by atoms with Crippen molar-refractivity contribution in [1.82, 2.24) is 4.90 Å². The Morgan fingerprint density at radius 2 is 1.82 bits per heavy atom. The molecule has 0 aromatic heterocycles. The summed E-state index contributed by atoms with van der Waals surface area (Å²) < 4.78 is 5.28. The summed E-state index contributed by atoms with van der Waals surface area (Å²) in [6.07, 6.45) is 0.191. The van der Waals surface area contributed by atoms with Crippen LogP contribution in [0.1, 0.15) is 31.7 Å². The van der Waals surface area contributed by atoms with Gasteiger partial charge in [-0.25, -0.2) is 0 Å². The third-order valence-electron chi connectivity index (χ3n) is 6.32. The highest BCUT2D eigenvalue weighted by Gasteiger charge is 2.31. The van der Waals surface area contributed by atoms with E-state index >= 15 is 0 Å². The third-order valence-corrected chi connectivity index (χ3v) is 6.32. The third kappa shape index (κ3) is 4.59. The Bertz CT molecular complexity index is 1260. The highest BCUT2D eigenvalue weighted by atomic mass is 16.5. The number of ether oxygens (including phenoxy) is 1. The van der Waals surface area contributed by atoms with E-state index in [4.69, 9.17) is 4.74 Å². The number of rotatable bonds is 5. The molecule has 0 aliphatic carbocycles. The number of fused-ring (bicyclic) bond motifs is 2. The quantitative estimate of drug-likeness (QED) is 0.621. The molecule has 0 saturated heterocycles. The molecule has 2 atom stereocenters. The number of methoxy groups -OCH3 is 1. The van der Waals surface area contributed by atoms with Gasteiger partial charge in [0.25, 0.3) is 0 Å². The number of carbonyl (C=O) groups is 3. The molecule has 1 heterocycles. The van der Waals surface area contributed by atoms with E-state index in [0.717, 1.165) is 22.1 Å². The van der Waals surface area contributed by atoms with Crippen LogP contribution in [0.3, 0.4) is 0 Å². The minimum atomic E-state index is -0.415. The summed E-state index contributed by atoms with van der Waals surface area (Å²) >= 11 is 0. The zero-order valence-corrected chi connectivity index (χ0v) is 19.9. The summed E-state index contributed by atoms with van der Waals surface area (Å²) in [5.74, 6) is -0.149. The molecular formula is C27H29N3O4. The van der Waals surface area contributed by atoms with Gasteiger partial charge in [0.15, 0.2) is 0 Å². The summed E-state index contributed by atoms with van der Waals surface area (Å²) in [5, 5.41) is 4.90. The first kappa shape index (κ1) is 23.3. The Hall–Kier alpha value is -3.87. The van der Waals surface area contributed by atoms with Gasteiger partial charge in [0.05, 0.1) is 30.9 Å². The zero-order valence-electron chi connectivity index (χ0n) is 19.9. The van der Waals surface area contributed by atoms with Crippen LogP contribution in [0.2, 0.25) is 0 Å². The molecule has 0 bridgehead atoms. The number of nitrogens with one attached hydrogen (secondary N) is 1. The van der Waals surface area contributed by atoms with E-state index in [-0.39, 0.29) is 36.7 Å². The Labute approximate surface area is 199 Å². The van der Waals surface area contributed by atoms with Crippen molar-refractivity contribution in [2.75, 3.05) is 30.9 Å². The second-order valence-corrected chi connectivity index (χ2v) is 8.77. The zero-order chi connectivity index (χ0) is 24.4. The molecule has 4 rings (SSSR count). The van der Waals surface area contributed by atoms with Crippen LogP contribution in [0.15, 0.2) is 60.7 Å². The summed E-state index contributed by atoms with van der Waals surface area (Å²) in [7, 11) is 3.27. The fraction of sp³-hybridized carbons (Fsp3) is 0.296. The van der Waals surface area contributed by atoms with Gasteiger partial charge in [-0.2, -0.15) is 0 Å². The fourth-order valence-corrected chi connectivity index (χ4v) is 4.44. The smallest absolute Gasteiger partial charge is 0.246 e. The van der Waals surface area contributed by atoms with Crippen LogP contribution in [0.5, 0.6) is 5.75 Å². The van der Waals surface area contributed by atoms with Crippen molar-refractivity contribution < 1.29 is 19.1 Å². The van der Waals surface area contributed by atoms with E-state index in [9.17, 15) is 14.4 Å². The fourth-order valence-electron chi connectivity index (χ4n) is 4.44. The average Bonchev–Trinajstić information content (AvgIpc) is 2.96. The minimum Gasteiger partial charge on any atom is -0.497 e. The van der Waals surface area contributed by atoms with Crippen molar-refractivity contribution >= 4 is 39.9 Å². The van der Waals surface area contributed by atoms with Crippen LogP contribution in [-0.4, -0.2) is 49.4 Å². The lowest BCUT2D eigenvalue weighted by molar-refractivity contribution is -0.135. The van der Waals surface area contributed by atoms with E-state index in [1.54, 1.807) is 25.1 Å². The summed E-state index contributed by atoms with van der Waals surface area (Å²) in [5.41, 5.74) is 2.12. The van der Waals surface area contributed by atoms with Crippen molar-refractivity contribution in [2.24, 2.45) is 0 Å². The van der Waals surface area contributed by atoms with Gasteiger partial charge in [0.1, 0.15) is 5.75 Å². The summed E-state index contributed by atoms with van der Waals surface area (Å²) in [4.78, 5) is 41.8. The largest absolute Gasteiger partial charge is 0.497 e. The number of nitrogens with zero attached hydrogens (tertiary/aromatic N) is 2. The molecule has 0 unspecified atom stereocenters. The number of hydrogen-bond donors (Lipinski definition) is 1. The molecular weight excluding hydrogens is 430 g/mol. The number of para-hydroxylation sites is 2. The van der Waals surface area contributed by atoms with Gasteiger partial charge >= 0.3 is 0 Å². The van der Waals surface area contributed by atoms with Crippen molar-refractivity contribution in [3.8, 4) is 5.75 Å². The maximum atomic E-state index is 13.3. The van der Waals surface area contributed by atoms with E-state index in [1.165, 1.54) is 4.90 Å². The average molecular weight is 460 g/mol. The molecule has 0 radical (unpaired) electrons. The highest BCUT2D eigenvalue weighted by Crippen LogP contribution is 2.31. The monoisotopic (exact) mass is 459 g/mol. The molecule has 34 heavy (non-hydrogen) atoms. The van der Waals surface area contributed by atoms with Gasteiger partial charge in [-0.1, -0.05) is 36.4 Å². The molecule has 3 aromatic carbocycles. The number of amides is 3. The number of carbonyl (C=O) groups excluding carboxylic acids is 3. The van der Waals surface area contributed by atoms with Gasteiger partial charge < -0.3 is 19.9 Å². The first-order valence-corrected chi connectivity index (χ1v) is 11.3. The summed E-state index contributed by atoms with van der Waals surface area (Å²) in [6.45, 7) is 3.61. The first-order valence-electron chi connectivity index (χ1n) is 11.3. The summed E-state index contributed by atoms with van der Waals surface area (Å²) in [6, 6.07) is 18.6. The van der Waals surface area contributed by atoms with Crippen molar-refractivity contribution in [3.05, 3.63) is 66.2 Å². The molecule has 3 aromatic rings. The normalized spacial score (nSPS) is 16.3. The molecule has 1 aliphatic rings. The van der Waals surface area contributed by atoms with E-state index in [1.807, 2.05) is 68.4 Å². The van der Waals surface area contributed by atoms with Gasteiger partial charge in [0.2, 0.25) is 17.7 Å². The Morgan fingerprint density at radius 3 is 2.59 bits per heavy atom. The molecule has 3 amide bonds. The minimum absolute atomic E-state index is 0.0825. The number of benzene rings is 3. The topological polar surface area (TPSA) is 79.0 Å². The predicted octanol–water partition coefficient (Wildman–Crippen LogP) is 4.17. The van der Waals surface area contributed by atoms with E-state index in [0.29, 0.717) is 11.4 Å². The lowest BCUT2D eigenvalue weighted by Crippen LogP contribution is -2.46. The lowest BCUT2D eigenvalue weighted by Gasteiger charge is -2.30. The van der Waals surface area contributed by atoms with Gasteiger partial charge in [-0.05, 0) is 54.4 Å². The number of anilines is 2. The van der Waals surface area contributed by atoms with Crippen LogP contribution in [0.25, 0.3) is 10.8 Å². The van der Waals surface area contributed by atoms with Crippen LogP contribution < -0.4 is 15.0 Å². The van der Waals surface area contributed by atoms with Crippen LogP contribution in [-0.2, 0) is 14.4 Å². The number of hydrogen-bond acceptors (Lipinski definition) is 4. The molecule has 0 fully saturated rings. The van der Waals surface area contributed by atoms with Gasteiger partial charge in [-0.3, -0.25) is 14.4 Å².